The molecule has 0 amide bonds. The van der Waals surface area contributed by atoms with E-state index in [4.69, 9.17) is 4.42 Å². The van der Waals surface area contributed by atoms with Gasteiger partial charge >= 0.3 is 5.76 Å². The van der Waals surface area contributed by atoms with Crippen LogP contribution in [0.3, 0.4) is 0 Å². The standard InChI is InChI=1S/C11H12N2O3/c14-8(7-3-4-7)6-13-10-9(16-11(13)15)2-1-5-12-10/h1-2,5,7-8,14H,3-4,6H2. The second kappa shape index (κ2) is 3.45. The molecule has 1 saturated carbocycles. The van der Waals surface area contributed by atoms with E-state index in [1.54, 1.807) is 18.3 Å². The van der Waals surface area contributed by atoms with Gasteiger partial charge in [0.25, 0.3) is 0 Å². The minimum atomic E-state index is -0.472. The molecular weight excluding hydrogens is 208 g/mol. The van der Waals surface area contributed by atoms with Gasteiger partial charge in [-0.25, -0.2) is 9.78 Å². The van der Waals surface area contributed by atoms with Gasteiger partial charge in [-0.1, -0.05) is 0 Å². The molecule has 1 N–H and O–H groups in total. The van der Waals surface area contributed by atoms with E-state index in [0.717, 1.165) is 12.8 Å². The van der Waals surface area contributed by atoms with E-state index in [-0.39, 0.29) is 6.54 Å². The highest BCUT2D eigenvalue weighted by Crippen LogP contribution is 2.33. The van der Waals surface area contributed by atoms with E-state index in [2.05, 4.69) is 4.98 Å². The number of aliphatic hydroxyl groups is 1. The van der Waals surface area contributed by atoms with Crippen molar-refractivity contribution in [2.75, 3.05) is 0 Å². The molecule has 1 atom stereocenters. The van der Waals surface area contributed by atoms with Gasteiger partial charge in [-0.3, -0.25) is 4.57 Å². The lowest BCUT2D eigenvalue weighted by Crippen LogP contribution is -2.24. The topological polar surface area (TPSA) is 68.3 Å². The summed E-state index contributed by atoms with van der Waals surface area (Å²) in [4.78, 5) is 15.7. The van der Waals surface area contributed by atoms with Crippen LogP contribution in [0, 0.1) is 5.92 Å². The number of fused-ring (bicyclic) bond motifs is 1. The fraction of sp³-hybridized carbons (Fsp3) is 0.455. The highest BCUT2D eigenvalue weighted by Gasteiger charge is 2.30. The van der Waals surface area contributed by atoms with Crippen LogP contribution < -0.4 is 5.76 Å². The van der Waals surface area contributed by atoms with Crippen LogP contribution in [-0.2, 0) is 6.54 Å². The van der Waals surface area contributed by atoms with E-state index in [1.165, 1.54) is 4.57 Å². The molecule has 2 aromatic heterocycles. The van der Waals surface area contributed by atoms with Gasteiger partial charge in [0.05, 0.1) is 12.6 Å². The molecule has 3 rings (SSSR count). The lowest BCUT2D eigenvalue weighted by Gasteiger charge is -2.08. The number of nitrogens with zero attached hydrogens (tertiary/aromatic N) is 2. The van der Waals surface area contributed by atoms with Crippen LogP contribution in [0.5, 0.6) is 0 Å². The van der Waals surface area contributed by atoms with E-state index in [1.807, 2.05) is 0 Å². The minimum Gasteiger partial charge on any atom is -0.406 e. The first kappa shape index (κ1) is 9.59. The lowest BCUT2D eigenvalue weighted by molar-refractivity contribution is 0.130. The molecule has 16 heavy (non-hydrogen) atoms. The van der Waals surface area contributed by atoms with E-state index >= 15 is 0 Å². The van der Waals surface area contributed by atoms with Gasteiger partial charge in [0.2, 0.25) is 0 Å². The Balaban J connectivity index is 2.01. The SMILES string of the molecule is O=c1oc2cccnc2n1CC(O)C1CC1. The second-order valence-electron chi connectivity index (χ2n) is 4.21. The van der Waals surface area contributed by atoms with Crippen LogP contribution in [0.15, 0.2) is 27.5 Å². The maximum atomic E-state index is 11.6. The third-order valence-electron chi connectivity index (χ3n) is 2.96. The zero-order chi connectivity index (χ0) is 11.1. The number of hydrogen-bond acceptors (Lipinski definition) is 4. The number of pyridine rings is 1. The van der Waals surface area contributed by atoms with Crippen molar-refractivity contribution in [3.05, 3.63) is 28.9 Å². The fourth-order valence-electron chi connectivity index (χ4n) is 1.88. The summed E-state index contributed by atoms with van der Waals surface area (Å²) < 4.78 is 6.43. The van der Waals surface area contributed by atoms with Gasteiger partial charge < -0.3 is 9.52 Å². The molecule has 0 radical (unpaired) electrons. The van der Waals surface area contributed by atoms with Crippen LogP contribution in [-0.4, -0.2) is 20.8 Å². The maximum Gasteiger partial charge on any atom is 0.421 e. The first-order valence-electron chi connectivity index (χ1n) is 5.38. The van der Waals surface area contributed by atoms with Crippen LogP contribution in [0.2, 0.25) is 0 Å². The zero-order valence-corrected chi connectivity index (χ0v) is 8.67. The minimum absolute atomic E-state index is 0.271. The molecule has 0 aromatic carbocycles. The van der Waals surface area contributed by atoms with Gasteiger partial charge in [-0.15, -0.1) is 0 Å². The lowest BCUT2D eigenvalue weighted by atomic mass is 10.2. The number of aromatic nitrogens is 2. The maximum absolute atomic E-state index is 11.6. The van der Waals surface area contributed by atoms with Crippen molar-refractivity contribution in [2.24, 2.45) is 5.92 Å². The summed E-state index contributed by atoms with van der Waals surface area (Å²) >= 11 is 0. The van der Waals surface area contributed by atoms with Gasteiger partial charge in [0.1, 0.15) is 0 Å². The molecule has 5 heteroatoms. The molecule has 2 aromatic rings. The second-order valence-corrected chi connectivity index (χ2v) is 4.21. The number of rotatable bonds is 3. The summed E-state index contributed by atoms with van der Waals surface area (Å²) in [6.07, 6.45) is 3.22. The molecule has 0 spiro atoms. The highest BCUT2D eigenvalue weighted by molar-refractivity contribution is 5.67. The Kier molecular flexibility index (Phi) is 2.07. The molecule has 1 fully saturated rings. The average Bonchev–Trinajstić information content (AvgIpc) is 3.06. The van der Waals surface area contributed by atoms with Gasteiger partial charge in [-0.2, -0.15) is 0 Å². The quantitative estimate of drug-likeness (QED) is 0.829. The Hall–Kier alpha value is -1.62. The summed E-state index contributed by atoms with van der Waals surface area (Å²) in [5, 5.41) is 9.82. The van der Waals surface area contributed by atoms with Crippen molar-refractivity contribution in [3.8, 4) is 0 Å². The van der Waals surface area contributed by atoms with E-state index in [0.29, 0.717) is 17.1 Å². The van der Waals surface area contributed by atoms with Gasteiger partial charge in [0.15, 0.2) is 11.2 Å². The smallest absolute Gasteiger partial charge is 0.406 e. The van der Waals surface area contributed by atoms with Crippen LogP contribution >= 0.6 is 0 Å². The van der Waals surface area contributed by atoms with Crippen LogP contribution in [0.25, 0.3) is 11.2 Å². The molecule has 0 aliphatic heterocycles. The number of aliphatic hydroxyl groups excluding tert-OH is 1. The molecule has 1 unspecified atom stereocenters. The van der Waals surface area contributed by atoms with Crippen LogP contribution in [0.1, 0.15) is 12.8 Å². The fourth-order valence-corrected chi connectivity index (χ4v) is 1.88. The van der Waals surface area contributed by atoms with E-state index < -0.39 is 11.9 Å². The van der Waals surface area contributed by atoms with Crippen molar-refractivity contribution in [3.63, 3.8) is 0 Å². The Morgan fingerprint density at radius 1 is 1.62 bits per heavy atom. The summed E-state index contributed by atoms with van der Waals surface area (Å²) in [5.74, 6) is -0.117. The Bertz CT molecular complexity index is 568. The van der Waals surface area contributed by atoms with Crippen molar-refractivity contribution < 1.29 is 9.52 Å². The number of hydrogen-bond donors (Lipinski definition) is 1. The molecule has 2 heterocycles. The van der Waals surface area contributed by atoms with Gasteiger partial charge in [-0.05, 0) is 30.9 Å². The van der Waals surface area contributed by atoms with Crippen molar-refractivity contribution in [1.82, 2.24) is 9.55 Å². The summed E-state index contributed by atoms with van der Waals surface area (Å²) in [6, 6.07) is 3.41. The van der Waals surface area contributed by atoms with E-state index in [9.17, 15) is 9.90 Å². The molecular formula is C11H12N2O3. The van der Waals surface area contributed by atoms with Gasteiger partial charge in [0, 0.05) is 6.20 Å². The third-order valence-corrected chi connectivity index (χ3v) is 2.96. The predicted octanol–water partition coefficient (Wildman–Crippen LogP) is 0.760. The molecule has 0 saturated heterocycles. The summed E-state index contributed by atoms with van der Waals surface area (Å²) in [5.41, 5.74) is 0.975. The normalized spacial score (nSPS) is 17.8. The van der Waals surface area contributed by atoms with Crippen LogP contribution in [0.4, 0.5) is 0 Å². The van der Waals surface area contributed by atoms with Crippen molar-refractivity contribution in [1.29, 1.82) is 0 Å². The first-order chi connectivity index (χ1) is 7.75. The predicted molar refractivity (Wildman–Crippen MR) is 57.0 cm³/mol. The Morgan fingerprint density at radius 2 is 2.44 bits per heavy atom. The highest BCUT2D eigenvalue weighted by atomic mass is 16.4. The molecule has 84 valence electrons. The third kappa shape index (κ3) is 1.53. The summed E-state index contributed by atoms with van der Waals surface area (Å²) in [6.45, 7) is 0.271. The zero-order valence-electron chi connectivity index (χ0n) is 8.67. The summed E-state index contributed by atoms with van der Waals surface area (Å²) in [7, 11) is 0. The monoisotopic (exact) mass is 220 g/mol. The molecule has 1 aliphatic carbocycles. The largest absolute Gasteiger partial charge is 0.421 e. The number of oxazole rings is 1. The Labute approximate surface area is 91.3 Å². The molecule has 1 aliphatic rings. The van der Waals surface area contributed by atoms with Crippen molar-refractivity contribution in [2.45, 2.75) is 25.5 Å². The van der Waals surface area contributed by atoms with Crippen molar-refractivity contribution >= 4 is 11.2 Å². The Morgan fingerprint density at radius 3 is 3.19 bits per heavy atom. The average molecular weight is 220 g/mol. The first-order valence-corrected chi connectivity index (χ1v) is 5.38. The molecule has 0 bridgehead atoms. The molecule has 5 nitrogen and oxygen atoms in total.